The summed E-state index contributed by atoms with van der Waals surface area (Å²) in [5, 5.41) is 2.64. The monoisotopic (exact) mass is 268 g/mol. The Morgan fingerprint density at radius 1 is 1.44 bits per heavy atom. The van der Waals surface area contributed by atoms with Crippen molar-refractivity contribution in [2.45, 2.75) is 27.2 Å². The van der Waals surface area contributed by atoms with Crippen LogP contribution in [0.15, 0.2) is 18.2 Å². The maximum atomic E-state index is 13.6. The van der Waals surface area contributed by atoms with Crippen LogP contribution in [0.2, 0.25) is 0 Å². The summed E-state index contributed by atoms with van der Waals surface area (Å²) in [6.07, 6.45) is 0.334. The smallest absolute Gasteiger partial charge is 0.224 e. The van der Waals surface area contributed by atoms with E-state index in [0.29, 0.717) is 12.1 Å². The molecule has 18 heavy (non-hydrogen) atoms. The van der Waals surface area contributed by atoms with Crippen molar-refractivity contribution in [2.75, 3.05) is 5.32 Å². The summed E-state index contributed by atoms with van der Waals surface area (Å²) >= 11 is 4.79. The lowest BCUT2D eigenvalue weighted by molar-refractivity contribution is -0.117. The molecule has 3 nitrogen and oxygen atoms in total. The molecule has 1 amide bonds. The van der Waals surface area contributed by atoms with E-state index in [-0.39, 0.29) is 21.9 Å². The molecule has 0 fully saturated rings. The van der Waals surface area contributed by atoms with Gasteiger partial charge in [0.15, 0.2) is 0 Å². The second-order valence-electron chi connectivity index (χ2n) is 5.31. The summed E-state index contributed by atoms with van der Waals surface area (Å²) in [5.74, 6) is -0.721. The lowest BCUT2D eigenvalue weighted by Crippen LogP contribution is -2.22. The first-order chi connectivity index (χ1) is 8.20. The minimum atomic E-state index is -0.531. The largest absolute Gasteiger partial charge is 0.389 e. The fraction of sp³-hybridized carbons (Fsp3) is 0.385. The number of benzene rings is 1. The second kappa shape index (κ2) is 5.44. The van der Waals surface area contributed by atoms with Crippen LogP contribution in [0.25, 0.3) is 0 Å². The van der Waals surface area contributed by atoms with Gasteiger partial charge in [0.25, 0.3) is 0 Å². The van der Waals surface area contributed by atoms with E-state index in [9.17, 15) is 9.18 Å². The minimum Gasteiger partial charge on any atom is -0.389 e. The van der Waals surface area contributed by atoms with E-state index in [2.05, 4.69) is 5.32 Å². The zero-order chi connectivity index (χ0) is 13.9. The summed E-state index contributed by atoms with van der Waals surface area (Å²) < 4.78 is 13.6. The van der Waals surface area contributed by atoms with E-state index in [1.54, 1.807) is 6.07 Å². The zero-order valence-corrected chi connectivity index (χ0v) is 11.5. The number of hydrogen-bond acceptors (Lipinski definition) is 2. The van der Waals surface area contributed by atoms with E-state index in [4.69, 9.17) is 18.0 Å². The number of anilines is 1. The van der Waals surface area contributed by atoms with Crippen LogP contribution in [0.1, 0.15) is 32.8 Å². The molecule has 0 heterocycles. The number of hydrogen-bond donors (Lipinski definition) is 2. The van der Waals surface area contributed by atoms with Crippen molar-refractivity contribution in [1.29, 1.82) is 0 Å². The number of thiocarbonyl (C=S) groups is 1. The lowest BCUT2D eigenvalue weighted by atomic mass is 9.92. The third-order valence-electron chi connectivity index (χ3n) is 2.22. The topological polar surface area (TPSA) is 55.1 Å². The van der Waals surface area contributed by atoms with Crippen LogP contribution in [0.4, 0.5) is 10.1 Å². The summed E-state index contributed by atoms with van der Waals surface area (Å²) in [4.78, 5) is 11.7. The number of amides is 1. The van der Waals surface area contributed by atoms with Gasteiger partial charge in [-0.2, -0.15) is 0 Å². The van der Waals surface area contributed by atoms with Gasteiger partial charge in [-0.05, 0) is 17.5 Å². The van der Waals surface area contributed by atoms with Crippen molar-refractivity contribution in [1.82, 2.24) is 0 Å². The van der Waals surface area contributed by atoms with Crippen LogP contribution in [0, 0.1) is 11.2 Å². The third-order valence-corrected chi connectivity index (χ3v) is 2.43. The number of halogens is 1. The molecule has 5 heteroatoms. The van der Waals surface area contributed by atoms with Crippen molar-refractivity contribution < 1.29 is 9.18 Å². The molecule has 0 saturated carbocycles. The van der Waals surface area contributed by atoms with Crippen molar-refractivity contribution in [3.63, 3.8) is 0 Å². The van der Waals surface area contributed by atoms with Crippen LogP contribution in [0.3, 0.4) is 0 Å². The van der Waals surface area contributed by atoms with E-state index in [1.165, 1.54) is 12.1 Å². The highest BCUT2D eigenvalue weighted by Crippen LogP contribution is 2.22. The van der Waals surface area contributed by atoms with E-state index in [0.717, 1.165) is 0 Å². The summed E-state index contributed by atoms with van der Waals surface area (Å²) in [7, 11) is 0. The highest BCUT2D eigenvalue weighted by atomic mass is 32.1. The summed E-state index contributed by atoms with van der Waals surface area (Å²) in [6, 6.07) is 4.34. The molecule has 0 aromatic heterocycles. The molecule has 98 valence electrons. The summed E-state index contributed by atoms with van der Waals surface area (Å²) in [5.41, 5.74) is 5.72. The standard InChI is InChI=1S/C13H17FN2OS/c1-13(2,3)7-10(17)16-9-6-4-5-8(14)11(9)12(15)18/h4-6H,7H2,1-3H3,(H2,15,18)(H,16,17). The molecule has 0 bridgehead atoms. The van der Waals surface area contributed by atoms with Crippen molar-refractivity contribution in [2.24, 2.45) is 11.1 Å². The molecule has 1 rings (SSSR count). The van der Waals surface area contributed by atoms with Gasteiger partial charge in [-0.25, -0.2) is 4.39 Å². The van der Waals surface area contributed by atoms with Gasteiger partial charge in [0.2, 0.25) is 5.91 Å². The number of nitrogens with two attached hydrogens (primary N) is 1. The average Bonchev–Trinajstić information content (AvgIpc) is 2.13. The van der Waals surface area contributed by atoms with E-state index < -0.39 is 5.82 Å². The van der Waals surface area contributed by atoms with Gasteiger partial charge in [-0.15, -0.1) is 0 Å². The second-order valence-corrected chi connectivity index (χ2v) is 5.75. The molecule has 0 saturated heterocycles. The van der Waals surface area contributed by atoms with Crippen molar-refractivity contribution in [3.05, 3.63) is 29.6 Å². The van der Waals surface area contributed by atoms with Crippen LogP contribution in [-0.4, -0.2) is 10.9 Å². The Labute approximate surface area is 112 Å². The first-order valence-electron chi connectivity index (χ1n) is 5.59. The lowest BCUT2D eigenvalue weighted by Gasteiger charge is -2.18. The molecule has 1 aromatic rings. The van der Waals surface area contributed by atoms with Crippen LogP contribution in [0.5, 0.6) is 0 Å². The van der Waals surface area contributed by atoms with Crippen molar-refractivity contribution >= 4 is 28.8 Å². The van der Waals surface area contributed by atoms with Crippen LogP contribution >= 0.6 is 12.2 Å². The molecular weight excluding hydrogens is 251 g/mol. The molecule has 0 aliphatic heterocycles. The molecule has 0 atom stereocenters. The molecule has 1 aromatic carbocycles. The molecule has 0 unspecified atom stereocenters. The third kappa shape index (κ3) is 4.07. The maximum absolute atomic E-state index is 13.6. The van der Waals surface area contributed by atoms with Gasteiger partial charge in [0.05, 0.1) is 11.3 Å². The van der Waals surface area contributed by atoms with E-state index in [1.807, 2.05) is 20.8 Å². The minimum absolute atomic E-state index is 0.0702. The Morgan fingerprint density at radius 3 is 2.56 bits per heavy atom. The van der Waals surface area contributed by atoms with Crippen molar-refractivity contribution in [3.8, 4) is 0 Å². The van der Waals surface area contributed by atoms with Crippen LogP contribution in [-0.2, 0) is 4.79 Å². The van der Waals surface area contributed by atoms with Gasteiger partial charge in [0.1, 0.15) is 10.8 Å². The average molecular weight is 268 g/mol. The fourth-order valence-corrected chi connectivity index (χ4v) is 1.76. The molecule has 0 aliphatic rings. The first kappa shape index (κ1) is 14.6. The van der Waals surface area contributed by atoms with Gasteiger partial charge in [-0.3, -0.25) is 4.79 Å². The highest BCUT2D eigenvalue weighted by Gasteiger charge is 2.18. The Morgan fingerprint density at radius 2 is 2.06 bits per heavy atom. The van der Waals surface area contributed by atoms with Gasteiger partial charge in [0, 0.05) is 6.42 Å². The Kier molecular flexibility index (Phi) is 4.40. The van der Waals surface area contributed by atoms with Gasteiger partial charge < -0.3 is 11.1 Å². The van der Waals surface area contributed by atoms with Gasteiger partial charge >= 0.3 is 0 Å². The Bertz CT molecular complexity index is 480. The first-order valence-corrected chi connectivity index (χ1v) is 6.00. The zero-order valence-electron chi connectivity index (χ0n) is 10.7. The maximum Gasteiger partial charge on any atom is 0.224 e. The fourth-order valence-electron chi connectivity index (χ4n) is 1.55. The highest BCUT2D eigenvalue weighted by molar-refractivity contribution is 7.80. The number of nitrogens with one attached hydrogen (secondary N) is 1. The number of rotatable bonds is 3. The summed E-state index contributed by atoms with van der Waals surface area (Å²) in [6.45, 7) is 5.85. The Hall–Kier alpha value is -1.49. The molecule has 0 aliphatic carbocycles. The molecule has 0 radical (unpaired) electrons. The van der Waals surface area contributed by atoms with Crippen LogP contribution < -0.4 is 11.1 Å². The quantitative estimate of drug-likeness (QED) is 0.829. The normalized spacial score (nSPS) is 11.1. The van der Waals surface area contributed by atoms with Gasteiger partial charge in [-0.1, -0.05) is 39.1 Å². The predicted octanol–water partition coefficient (Wildman–Crippen LogP) is 2.83. The Balaban J connectivity index is 2.95. The molecule has 0 spiro atoms. The van der Waals surface area contributed by atoms with E-state index >= 15 is 0 Å². The molecular formula is C13H17FN2OS. The SMILES string of the molecule is CC(C)(C)CC(=O)Nc1cccc(F)c1C(N)=S. The molecule has 3 N–H and O–H groups in total. The predicted molar refractivity (Wildman–Crippen MR) is 75.0 cm³/mol. The number of carbonyl (C=O) groups excluding carboxylic acids is 1. The number of carbonyl (C=O) groups is 1.